The van der Waals surface area contributed by atoms with Gasteiger partial charge in [-0.05, 0) is 46.6 Å². The molecule has 0 aromatic rings. The topological polar surface area (TPSA) is 24.1 Å². The first kappa shape index (κ1) is 11.0. The van der Waals surface area contributed by atoms with Crippen molar-refractivity contribution in [3.63, 3.8) is 0 Å². The molecule has 2 atom stereocenters. The zero-order valence-corrected chi connectivity index (χ0v) is 9.48. The smallest absolute Gasteiger partial charge is 0.0139 e. The first-order chi connectivity index (χ1) is 6.03. The van der Waals surface area contributed by atoms with Gasteiger partial charge in [0.25, 0.3) is 0 Å². The predicted octanol–water partition coefficient (Wildman–Crippen LogP) is 1.91. The molecule has 1 heterocycles. The van der Waals surface area contributed by atoms with Crippen molar-refractivity contribution in [3.8, 4) is 0 Å². The van der Waals surface area contributed by atoms with Gasteiger partial charge in [0, 0.05) is 17.6 Å². The van der Waals surface area contributed by atoms with E-state index in [0.717, 1.165) is 6.54 Å². The molecule has 1 saturated heterocycles. The van der Waals surface area contributed by atoms with Gasteiger partial charge in [-0.1, -0.05) is 6.92 Å². The Hall–Kier alpha value is -0.0800. The molecule has 0 aliphatic carbocycles. The monoisotopic (exact) mass is 184 g/mol. The first-order valence-corrected chi connectivity index (χ1v) is 5.54. The number of nitrogens with one attached hydrogen (secondary N) is 2. The lowest BCUT2D eigenvalue weighted by Gasteiger charge is -2.38. The summed E-state index contributed by atoms with van der Waals surface area (Å²) in [4.78, 5) is 0. The van der Waals surface area contributed by atoms with Crippen LogP contribution in [0, 0.1) is 0 Å². The van der Waals surface area contributed by atoms with E-state index in [9.17, 15) is 0 Å². The van der Waals surface area contributed by atoms with E-state index >= 15 is 0 Å². The fourth-order valence-corrected chi connectivity index (χ4v) is 2.04. The van der Waals surface area contributed by atoms with Crippen LogP contribution in [0.2, 0.25) is 0 Å². The summed E-state index contributed by atoms with van der Waals surface area (Å²) in [5, 5.41) is 7.22. The molecule has 13 heavy (non-hydrogen) atoms. The van der Waals surface area contributed by atoms with Crippen LogP contribution >= 0.6 is 0 Å². The molecule has 0 amide bonds. The minimum atomic E-state index is 0.323. The molecule has 2 unspecified atom stereocenters. The maximum absolute atomic E-state index is 3.68. The highest BCUT2D eigenvalue weighted by Crippen LogP contribution is 2.18. The molecular weight excluding hydrogens is 160 g/mol. The molecule has 0 aromatic heterocycles. The second kappa shape index (κ2) is 4.43. The van der Waals surface area contributed by atoms with Crippen molar-refractivity contribution in [2.24, 2.45) is 0 Å². The number of hydrogen-bond acceptors (Lipinski definition) is 2. The summed E-state index contributed by atoms with van der Waals surface area (Å²) in [6.45, 7) is 10.2. The van der Waals surface area contributed by atoms with E-state index in [4.69, 9.17) is 0 Å². The van der Waals surface area contributed by atoms with E-state index in [1.165, 1.54) is 19.3 Å². The van der Waals surface area contributed by atoms with Gasteiger partial charge in [0.2, 0.25) is 0 Å². The quantitative estimate of drug-likeness (QED) is 0.700. The highest BCUT2D eigenvalue weighted by Gasteiger charge is 2.27. The summed E-state index contributed by atoms with van der Waals surface area (Å²) >= 11 is 0. The minimum Gasteiger partial charge on any atom is -0.312 e. The molecule has 0 aromatic carbocycles. The van der Waals surface area contributed by atoms with Crippen LogP contribution < -0.4 is 10.6 Å². The molecule has 0 bridgehead atoms. The van der Waals surface area contributed by atoms with Gasteiger partial charge in [0.15, 0.2) is 0 Å². The Bertz CT molecular complexity index is 154. The van der Waals surface area contributed by atoms with Crippen LogP contribution in [-0.4, -0.2) is 24.2 Å². The summed E-state index contributed by atoms with van der Waals surface area (Å²) in [5.74, 6) is 0. The van der Waals surface area contributed by atoms with Crippen LogP contribution in [0.25, 0.3) is 0 Å². The van der Waals surface area contributed by atoms with E-state index in [0.29, 0.717) is 17.6 Å². The maximum Gasteiger partial charge on any atom is 0.0139 e. The molecule has 1 aliphatic rings. The maximum atomic E-state index is 3.68. The van der Waals surface area contributed by atoms with Crippen molar-refractivity contribution < 1.29 is 0 Å². The van der Waals surface area contributed by atoms with Gasteiger partial charge in [-0.3, -0.25) is 0 Å². The van der Waals surface area contributed by atoms with E-state index in [1.807, 2.05) is 0 Å². The van der Waals surface area contributed by atoms with Crippen molar-refractivity contribution in [2.45, 2.75) is 64.6 Å². The fourth-order valence-electron chi connectivity index (χ4n) is 2.04. The van der Waals surface area contributed by atoms with Gasteiger partial charge in [-0.25, -0.2) is 0 Å². The zero-order chi connectivity index (χ0) is 9.90. The third-order valence-corrected chi connectivity index (χ3v) is 2.99. The lowest BCUT2D eigenvalue weighted by molar-refractivity contribution is 0.236. The van der Waals surface area contributed by atoms with Crippen LogP contribution in [0.4, 0.5) is 0 Å². The van der Waals surface area contributed by atoms with Gasteiger partial charge in [0.1, 0.15) is 0 Å². The standard InChI is InChI=1S/C11H24N2/c1-5-9(2)13-10-6-7-12-11(3,4)8-10/h9-10,12-13H,5-8H2,1-4H3. The third kappa shape index (κ3) is 3.65. The van der Waals surface area contributed by atoms with Crippen LogP contribution in [0.15, 0.2) is 0 Å². The summed E-state index contributed by atoms with van der Waals surface area (Å²) in [5.41, 5.74) is 0.323. The van der Waals surface area contributed by atoms with Gasteiger partial charge in [0.05, 0.1) is 0 Å². The fraction of sp³-hybridized carbons (Fsp3) is 1.00. The number of piperidine rings is 1. The Morgan fingerprint density at radius 3 is 2.77 bits per heavy atom. The van der Waals surface area contributed by atoms with Crippen LogP contribution in [-0.2, 0) is 0 Å². The van der Waals surface area contributed by atoms with Crippen LogP contribution in [0.5, 0.6) is 0 Å². The Labute approximate surface area is 82.5 Å². The Morgan fingerprint density at radius 2 is 2.23 bits per heavy atom. The summed E-state index contributed by atoms with van der Waals surface area (Å²) < 4.78 is 0. The van der Waals surface area contributed by atoms with Gasteiger partial charge >= 0.3 is 0 Å². The first-order valence-electron chi connectivity index (χ1n) is 5.54. The Kier molecular flexibility index (Phi) is 3.74. The zero-order valence-electron chi connectivity index (χ0n) is 9.48. The second-order valence-electron chi connectivity index (χ2n) is 4.98. The Balaban J connectivity index is 2.34. The summed E-state index contributed by atoms with van der Waals surface area (Å²) in [6, 6.07) is 1.38. The lowest BCUT2D eigenvalue weighted by atomic mass is 9.89. The molecule has 2 N–H and O–H groups in total. The average Bonchev–Trinajstić information content (AvgIpc) is 2.02. The SMILES string of the molecule is CCC(C)NC1CCNC(C)(C)C1. The predicted molar refractivity (Wildman–Crippen MR) is 58.0 cm³/mol. The summed E-state index contributed by atoms with van der Waals surface area (Å²) in [6.07, 6.45) is 3.75. The van der Waals surface area contributed by atoms with Gasteiger partial charge in [-0.15, -0.1) is 0 Å². The van der Waals surface area contributed by atoms with E-state index in [2.05, 4.69) is 38.3 Å². The molecule has 78 valence electrons. The van der Waals surface area contributed by atoms with Crippen molar-refractivity contribution in [1.82, 2.24) is 10.6 Å². The number of hydrogen-bond donors (Lipinski definition) is 2. The van der Waals surface area contributed by atoms with Gasteiger partial charge in [-0.2, -0.15) is 0 Å². The van der Waals surface area contributed by atoms with E-state index in [1.54, 1.807) is 0 Å². The molecule has 2 heteroatoms. The van der Waals surface area contributed by atoms with Crippen LogP contribution in [0.3, 0.4) is 0 Å². The summed E-state index contributed by atoms with van der Waals surface area (Å²) in [7, 11) is 0. The van der Waals surface area contributed by atoms with E-state index < -0.39 is 0 Å². The van der Waals surface area contributed by atoms with Crippen molar-refractivity contribution >= 4 is 0 Å². The highest BCUT2D eigenvalue weighted by molar-refractivity contribution is 4.89. The Morgan fingerprint density at radius 1 is 1.54 bits per heavy atom. The average molecular weight is 184 g/mol. The van der Waals surface area contributed by atoms with Crippen molar-refractivity contribution in [3.05, 3.63) is 0 Å². The van der Waals surface area contributed by atoms with Crippen molar-refractivity contribution in [1.29, 1.82) is 0 Å². The molecule has 2 nitrogen and oxygen atoms in total. The third-order valence-electron chi connectivity index (χ3n) is 2.99. The molecule has 1 rings (SSSR count). The van der Waals surface area contributed by atoms with Gasteiger partial charge < -0.3 is 10.6 Å². The minimum absolute atomic E-state index is 0.323. The van der Waals surface area contributed by atoms with Crippen LogP contribution in [0.1, 0.15) is 47.0 Å². The second-order valence-corrected chi connectivity index (χ2v) is 4.98. The molecule has 0 saturated carbocycles. The normalized spacial score (nSPS) is 30.0. The molecular formula is C11H24N2. The molecule has 1 fully saturated rings. The molecule has 1 aliphatic heterocycles. The lowest BCUT2D eigenvalue weighted by Crippen LogP contribution is -2.53. The van der Waals surface area contributed by atoms with Crippen molar-refractivity contribution in [2.75, 3.05) is 6.54 Å². The molecule has 0 spiro atoms. The largest absolute Gasteiger partial charge is 0.312 e. The van der Waals surface area contributed by atoms with E-state index in [-0.39, 0.29) is 0 Å². The number of rotatable bonds is 3. The molecule has 0 radical (unpaired) electrons. The highest BCUT2D eigenvalue weighted by atomic mass is 15.0.